The number of nitrogens with two attached hydrogens (primary N) is 4. The molecule has 3 aromatic rings. The van der Waals surface area contributed by atoms with Crippen LogP contribution >= 0.6 is 34.8 Å². The van der Waals surface area contributed by atoms with E-state index in [1.807, 2.05) is 68.1 Å². The molecule has 25 nitrogen and oxygen atoms in total. The lowest BCUT2D eigenvalue weighted by Crippen LogP contribution is -2.54. The van der Waals surface area contributed by atoms with E-state index in [4.69, 9.17) is 40.3 Å². The highest BCUT2D eigenvalue weighted by atomic mass is 127. The van der Waals surface area contributed by atoms with Gasteiger partial charge in [-0.15, -0.1) is 0 Å². The number of carbonyl (C=O) groups excluding carboxylic acids is 6. The number of hydrogen-bond acceptors (Lipinski definition) is 14. The number of carboxylic acids is 3. The fraction of sp³-hybridized carbons (Fsp3) is 0.451. The molecule has 0 spiro atoms. The van der Waals surface area contributed by atoms with E-state index in [1.54, 1.807) is 29.2 Å². The van der Waals surface area contributed by atoms with Gasteiger partial charge in [0.2, 0.25) is 23.6 Å². The molecule has 3 aromatic carbocycles. The topological polar surface area (TPSA) is 383 Å². The maximum atomic E-state index is 14.0. The third-order valence-corrected chi connectivity index (χ3v) is 13.6. The lowest BCUT2D eigenvalue weighted by atomic mass is 10.0. The highest BCUT2D eigenvalue weighted by Crippen LogP contribution is 2.18. The van der Waals surface area contributed by atoms with Crippen molar-refractivity contribution >= 4 is 99.1 Å². The summed E-state index contributed by atoms with van der Waals surface area (Å²) < 4.78 is 1.01. The van der Waals surface area contributed by atoms with Gasteiger partial charge in [-0.05, 0) is 120 Å². The molecule has 1 saturated heterocycles. The summed E-state index contributed by atoms with van der Waals surface area (Å²) in [6, 6.07) is 17.9. The Bertz CT molecular complexity index is 2550. The second-order valence-corrected chi connectivity index (χ2v) is 20.5. The second kappa shape index (κ2) is 32.6. The lowest BCUT2D eigenvalue weighted by Gasteiger charge is -2.38. The standard InChI is InChI=1S/C51H70IN13O12S/c52-37-12-6-35(7-13-37)27-65(18-2-1-3-40(48(73)74)59-50(77)60-41(49(75)76)16-17-46(70)71)47(72)36-10-4-34(5-11-36)26-57-51(78)58-38-14-8-33(9-15-38)25-39-28-63(31-44(55)68)22-21-61(29-42(53)66)19-20-62(30-43(54)67)23-24-64(39)32-45(56)69/h4-15,39-41H,1-3,16-32H2,(H2,53,66)(H2,54,67)(H2,55,68)(H2,56,69)(H,70,71)(H,73,74)(H,75,76)(H2,57,58,78)(H2,59,60,77)/t39?,40-,41-/m1/s1. The van der Waals surface area contributed by atoms with Crippen LogP contribution in [0.25, 0.3) is 0 Å². The van der Waals surface area contributed by atoms with Crippen molar-refractivity contribution in [1.82, 2.24) is 40.4 Å². The minimum absolute atomic E-state index is 0.0289. The van der Waals surface area contributed by atoms with Gasteiger partial charge in [-0.25, -0.2) is 14.4 Å². The Hall–Kier alpha value is -7.05. The predicted octanol–water partition coefficient (Wildman–Crippen LogP) is -0.265. The molecule has 1 aliphatic heterocycles. The first-order valence-corrected chi connectivity index (χ1v) is 26.6. The number of aliphatic carboxylic acids is 3. The number of thiocarbonyl (C=S) groups is 1. The highest BCUT2D eigenvalue weighted by Gasteiger charge is 2.28. The summed E-state index contributed by atoms with van der Waals surface area (Å²) in [5, 5.41) is 39.1. The maximum absolute atomic E-state index is 14.0. The Kier molecular flexibility index (Phi) is 26.6. The summed E-state index contributed by atoms with van der Waals surface area (Å²) in [6.07, 6.45) is 0.123. The fourth-order valence-electron chi connectivity index (χ4n) is 8.63. The molecule has 424 valence electrons. The zero-order valence-electron chi connectivity index (χ0n) is 43.1. The van der Waals surface area contributed by atoms with Crippen molar-refractivity contribution in [2.24, 2.45) is 22.9 Å². The van der Waals surface area contributed by atoms with Crippen molar-refractivity contribution < 1.29 is 58.5 Å². The van der Waals surface area contributed by atoms with Crippen LogP contribution in [0.5, 0.6) is 0 Å². The molecule has 4 rings (SSSR count). The summed E-state index contributed by atoms with van der Waals surface area (Å²) in [4.78, 5) is 119. The van der Waals surface area contributed by atoms with Crippen molar-refractivity contribution in [3.8, 4) is 0 Å². The number of carboxylic acid groups (broad SMARTS) is 3. The van der Waals surface area contributed by atoms with E-state index in [-0.39, 0.29) is 64.1 Å². The van der Waals surface area contributed by atoms with Crippen LogP contribution < -0.4 is 44.2 Å². The molecule has 7 amide bonds. The number of anilines is 1. The first-order chi connectivity index (χ1) is 37.0. The van der Waals surface area contributed by atoms with E-state index >= 15 is 0 Å². The number of nitrogens with zero attached hydrogens (tertiary/aromatic N) is 5. The summed E-state index contributed by atoms with van der Waals surface area (Å²) in [5.74, 6) is -6.49. The summed E-state index contributed by atoms with van der Waals surface area (Å²) in [7, 11) is 0. The van der Waals surface area contributed by atoms with Crippen LogP contribution in [-0.2, 0) is 53.1 Å². The summed E-state index contributed by atoms with van der Waals surface area (Å²) in [6.45, 7) is 3.08. The van der Waals surface area contributed by atoms with Crippen molar-refractivity contribution in [2.75, 3.05) is 83.9 Å². The molecule has 1 unspecified atom stereocenters. The van der Waals surface area contributed by atoms with E-state index < -0.39 is 72.5 Å². The van der Waals surface area contributed by atoms with Crippen LogP contribution in [0.3, 0.4) is 0 Å². The predicted molar refractivity (Wildman–Crippen MR) is 300 cm³/mol. The zero-order valence-corrected chi connectivity index (χ0v) is 46.1. The molecular weight excluding hydrogens is 1150 g/mol. The third-order valence-electron chi connectivity index (χ3n) is 12.6. The molecule has 0 bridgehead atoms. The number of hydrogen-bond donors (Lipinski definition) is 11. The molecule has 0 aromatic heterocycles. The fourth-order valence-corrected chi connectivity index (χ4v) is 9.18. The van der Waals surface area contributed by atoms with Crippen LogP contribution in [-0.4, -0.2) is 195 Å². The molecule has 0 aliphatic carbocycles. The van der Waals surface area contributed by atoms with Crippen LogP contribution in [0.4, 0.5) is 10.5 Å². The van der Waals surface area contributed by atoms with Gasteiger partial charge >= 0.3 is 23.9 Å². The first kappa shape index (κ1) is 63.5. The molecular formula is C51H70IN13O12S. The summed E-state index contributed by atoms with van der Waals surface area (Å²) in [5.41, 5.74) is 26.2. The molecule has 3 atom stereocenters. The lowest BCUT2D eigenvalue weighted by molar-refractivity contribution is -0.141. The van der Waals surface area contributed by atoms with Crippen molar-refractivity contribution in [2.45, 2.75) is 69.7 Å². The smallest absolute Gasteiger partial charge is 0.326 e. The number of rotatable bonds is 28. The van der Waals surface area contributed by atoms with Gasteiger partial charge in [0.15, 0.2) is 5.11 Å². The second-order valence-electron chi connectivity index (χ2n) is 18.9. The third kappa shape index (κ3) is 24.1. The molecule has 0 radical (unpaired) electrons. The number of halogens is 1. The van der Waals surface area contributed by atoms with E-state index in [1.165, 1.54) is 0 Å². The van der Waals surface area contributed by atoms with Crippen molar-refractivity contribution in [3.63, 3.8) is 0 Å². The number of amides is 7. The SMILES string of the molecule is NC(=O)CN1CCN(CC(N)=O)CCN(CC(N)=O)C(Cc2ccc(NC(=S)NCc3ccc(C(=O)N(CCCC[C@@H](NC(=O)N[C@H](CCC(=O)O)C(=O)O)C(=O)O)Cc4ccc(I)cc4)cc3)cc2)CN(CC(N)=O)CC1. The molecule has 78 heavy (non-hydrogen) atoms. The van der Waals surface area contributed by atoms with Gasteiger partial charge in [0.05, 0.1) is 26.2 Å². The number of unbranched alkanes of at least 4 members (excludes halogenated alkanes) is 1. The largest absolute Gasteiger partial charge is 0.481 e. The van der Waals surface area contributed by atoms with Gasteiger partial charge in [0, 0.05) is 92.7 Å². The molecule has 1 heterocycles. The van der Waals surface area contributed by atoms with Gasteiger partial charge < -0.3 is 64.4 Å². The van der Waals surface area contributed by atoms with Crippen molar-refractivity contribution in [3.05, 3.63) is 98.6 Å². The van der Waals surface area contributed by atoms with Crippen LogP contribution in [0.2, 0.25) is 0 Å². The summed E-state index contributed by atoms with van der Waals surface area (Å²) >= 11 is 7.81. The van der Waals surface area contributed by atoms with Gasteiger partial charge in [-0.2, -0.15) is 0 Å². The number of benzene rings is 3. The van der Waals surface area contributed by atoms with Crippen molar-refractivity contribution in [1.29, 1.82) is 0 Å². The molecule has 15 N–H and O–H groups in total. The average molecular weight is 1220 g/mol. The minimum Gasteiger partial charge on any atom is -0.481 e. The quantitative estimate of drug-likeness (QED) is 0.0253. The molecule has 1 fully saturated rings. The number of nitrogens with one attached hydrogen (secondary N) is 4. The molecule has 27 heteroatoms. The first-order valence-electron chi connectivity index (χ1n) is 25.1. The normalized spacial score (nSPS) is 15.7. The molecule has 0 saturated carbocycles. The van der Waals surface area contributed by atoms with Gasteiger partial charge in [0.25, 0.3) is 5.91 Å². The average Bonchev–Trinajstić information content (AvgIpc) is 3.37. The minimum atomic E-state index is -1.54. The van der Waals surface area contributed by atoms with Crippen LogP contribution in [0.1, 0.15) is 59.2 Å². The Morgan fingerprint density at radius 3 is 1.67 bits per heavy atom. The Morgan fingerprint density at radius 1 is 0.628 bits per heavy atom. The highest BCUT2D eigenvalue weighted by molar-refractivity contribution is 14.1. The maximum Gasteiger partial charge on any atom is 0.326 e. The van der Waals surface area contributed by atoms with E-state index in [0.717, 1.165) is 20.3 Å². The van der Waals surface area contributed by atoms with Gasteiger partial charge in [0.1, 0.15) is 12.1 Å². The van der Waals surface area contributed by atoms with Crippen LogP contribution in [0.15, 0.2) is 72.8 Å². The van der Waals surface area contributed by atoms with Gasteiger partial charge in [-0.3, -0.25) is 48.4 Å². The monoisotopic (exact) mass is 1220 g/mol. The molecule has 1 aliphatic rings. The Balaban J connectivity index is 1.38. The number of carbonyl (C=O) groups is 9. The van der Waals surface area contributed by atoms with Gasteiger partial charge in [-0.1, -0.05) is 36.4 Å². The van der Waals surface area contributed by atoms with Crippen LogP contribution in [0, 0.1) is 3.57 Å². The Labute approximate surface area is 470 Å². The van der Waals surface area contributed by atoms with E-state index in [0.29, 0.717) is 81.6 Å². The van der Waals surface area contributed by atoms with E-state index in [2.05, 4.69) is 43.9 Å². The number of urea groups is 1. The number of primary amides is 4. The van der Waals surface area contributed by atoms with E-state index in [9.17, 15) is 53.4 Å². The Morgan fingerprint density at radius 2 is 1.13 bits per heavy atom. The zero-order chi connectivity index (χ0) is 57.3.